The Morgan fingerprint density at radius 1 is 1.25 bits per heavy atom. The molecule has 0 atom stereocenters. The van der Waals surface area contributed by atoms with Crippen molar-refractivity contribution in [2.75, 3.05) is 0 Å². The summed E-state index contributed by atoms with van der Waals surface area (Å²) in [6.45, 7) is 0. The van der Waals surface area contributed by atoms with E-state index in [1.54, 1.807) is 0 Å². The van der Waals surface area contributed by atoms with Gasteiger partial charge in [0, 0.05) is 32.7 Å². The Bertz CT molecular complexity index is 78.3. The fourth-order valence-corrected chi connectivity index (χ4v) is 0. The first-order valence-electron chi connectivity index (χ1n) is 1.07. The van der Waals surface area contributed by atoms with E-state index in [2.05, 4.69) is 0 Å². The predicted molar refractivity (Wildman–Crippen MR) is 19.9 cm³/mol. The molecule has 0 fully saturated rings. The van der Waals surface area contributed by atoms with E-state index in [1.165, 1.54) is 0 Å². The van der Waals surface area contributed by atoms with Crippen molar-refractivity contribution in [1.82, 2.24) is 0 Å². The zero-order valence-corrected chi connectivity index (χ0v) is 6.05. The van der Waals surface area contributed by atoms with Crippen LogP contribution >= 0.6 is 0 Å². The second kappa shape index (κ2) is 5.59. The molecule has 0 rings (SSSR count). The van der Waals surface area contributed by atoms with Gasteiger partial charge in [0.2, 0.25) is 0 Å². The molecule has 0 aromatic carbocycles. The van der Waals surface area contributed by atoms with Crippen LogP contribution in [0.1, 0.15) is 7.43 Å². The van der Waals surface area contributed by atoms with Crippen LogP contribution in [0.15, 0.2) is 0 Å². The quantitative estimate of drug-likeness (QED) is 0.411. The van der Waals surface area contributed by atoms with E-state index >= 15 is 0 Å². The average Bonchev–Trinajstić information content (AvgIpc) is 1.35. The Hall–Kier alpha value is 0.454. The molecule has 1 radical (unpaired) electrons. The van der Waals surface area contributed by atoms with Crippen molar-refractivity contribution in [2.45, 2.75) is 13.6 Å². The summed E-state index contributed by atoms with van der Waals surface area (Å²) in [4.78, 5) is 0. The molecule has 0 amide bonds. The predicted octanol–water partition coefficient (Wildman–Crippen LogP) is 1.77. The molecule has 0 aliphatic rings. The summed E-state index contributed by atoms with van der Waals surface area (Å²) < 4.78 is 31.5. The molecule has 4 heteroatoms. The van der Waals surface area contributed by atoms with Gasteiger partial charge in [-0.15, -0.1) is 0 Å². The summed E-state index contributed by atoms with van der Waals surface area (Å²) >= 11 is 0. The molecule has 0 nitrogen and oxygen atoms in total. The zero-order valence-electron chi connectivity index (χ0n) is 3.21. The van der Waals surface area contributed by atoms with E-state index < -0.39 is 6.18 Å². The molecule has 0 saturated carbocycles. The van der Waals surface area contributed by atoms with Crippen molar-refractivity contribution in [3.05, 3.63) is 6.42 Å². The van der Waals surface area contributed by atoms with Crippen LogP contribution < -0.4 is 0 Å². The molecule has 0 N–H and O–H groups in total. The monoisotopic (exact) mass is 198 g/mol. The van der Waals surface area contributed by atoms with Crippen molar-refractivity contribution < 1.29 is 45.9 Å². The van der Waals surface area contributed by atoms with Crippen molar-refractivity contribution in [3.8, 4) is 5.92 Å². The number of rotatable bonds is 0. The van der Waals surface area contributed by atoms with E-state index in [0.29, 0.717) is 5.92 Å². The van der Waals surface area contributed by atoms with Gasteiger partial charge in [-0.3, -0.25) is 0 Å². The summed E-state index contributed by atoms with van der Waals surface area (Å²) in [6.07, 6.45) is 0.938. The van der Waals surface area contributed by atoms with E-state index in [9.17, 15) is 13.2 Å². The normalized spacial score (nSPS) is 7.75. The summed E-state index contributed by atoms with van der Waals surface area (Å²) in [5.41, 5.74) is 0. The Morgan fingerprint density at radius 3 is 1.38 bits per heavy atom. The molecule has 0 spiro atoms. The number of hydrogen-bond acceptors (Lipinski definition) is 0. The molecule has 0 aliphatic carbocycles. The Morgan fingerprint density at radius 2 is 1.38 bits per heavy atom. The van der Waals surface area contributed by atoms with E-state index in [1.807, 2.05) is 0 Å². The minimum Gasteiger partial charge on any atom is -0.685 e. The molecule has 0 aromatic rings. The van der Waals surface area contributed by atoms with Gasteiger partial charge in [-0.05, 0) is 0 Å². The van der Waals surface area contributed by atoms with Crippen molar-refractivity contribution in [2.24, 2.45) is 0 Å². The van der Waals surface area contributed by atoms with Crippen LogP contribution in [0, 0.1) is 12.3 Å². The first kappa shape index (κ1) is 15.8. The van der Waals surface area contributed by atoms with Gasteiger partial charge in [0.15, 0.2) is 0 Å². The first-order chi connectivity index (χ1) is 2.56. The maximum absolute atomic E-state index is 10.5. The topological polar surface area (TPSA) is 0 Å². The molecule has 45 valence electrons. The maximum Gasteiger partial charge on any atom is 0.418 e. The van der Waals surface area contributed by atoms with Crippen LogP contribution in [-0.2, 0) is 32.7 Å². The Labute approximate surface area is 71.7 Å². The van der Waals surface area contributed by atoms with Crippen LogP contribution in [0.25, 0.3) is 0 Å². The molecular formula is C4H4F3Y-. The molecule has 0 heterocycles. The molecule has 0 saturated heterocycles. The third kappa shape index (κ3) is 16.1. The zero-order chi connectivity index (χ0) is 5.21. The van der Waals surface area contributed by atoms with Crippen LogP contribution in [0.3, 0.4) is 0 Å². The number of halogens is 3. The third-order valence-electron chi connectivity index (χ3n) is 0.142. The summed E-state index contributed by atoms with van der Waals surface area (Å²) in [5.74, 6) is 0.354. The fourth-order valence-electron chi connectivity index (χ4n) is 0. The largest absolute Gasteiger partial charge is 0.685 e. The maximum atomic E-state index is 10.5. The van der Waals surface area contributed by atoms with E-state index in [-0.39, 0.29) is 40.1 Å². The summed E-state index contributed by atoms with van der Waals surface area (Å²) in [5, 5.41) is 0. The van der Waals surface area contributed by atoms with Crippen LogP contribution in [0.2, 0.25) is 0 Å². The summed E-state index contributed by atoms with van der Waals surface area (Å²) in [7, 11) is 0. The third-order valence-corrected chi connectivity index (χ3v) is 0.142. The number of hydrogen-bond donors (Lipinski definition) is 0. The van der Waals surface area contributed by atoms with E-state index in [0.717, 1.165) is 0 Å². The standard InChI is InChI=1S/C3F3.CH4.Y/c1-2-3(4,5)6;;/h;1H4;/q-1;;. The Kier molecular flexibility index (Phi) is 11.0. The van der Waals surface area contributed by atoms with Gasteiger partial charge in [0.25, 0.3) is 0 Å². The van der Waals surface area contributed by atoms with Gasteiger partial charge < -0.3 is 6.42 Å². The van der Waals surface area contributed by atoms with E-state index in [4.69, 9.17) is 6.42 Å². The van der Waals surface area contributed by atoms with Crippen molar-refractivity contribution in [1.29, 1.82) is 0 Å². The minimum atomic E-state index is -4.54. The first-order valence-corrected chi connectivity index (χ1v) is 1.07. The average molecular weight is 198 g/mol. The Balaban J connectivity index is -0.000000125. The molecule has 8 heavy (non-hydrogen) atoms. The fraction of sp³-hybridized carbons (Fsp3) is 0.500. The van der Waals surface area contributed by atoms with Crippen molar-refractivity contribution >= 4 is 0 Å². The van der Waals surface area contributed by atoms with Crippen LogP contribution in [0.4, 0.5) is 13.2 Å². The second-order valence-corrected chi connectivity index (χ2v) is 0.623. The molecule has 0 aromatic heterocycles. The molecular weight excluding hydrogens is 194 g/mol. The van der Waals surface area contributed by atoms with Gasteiger partial charge in [0.1, 0.15) is 0 Å². The van der Waals surface area contributed by atoms with Crippen LogP contribution in [-0.4, -0.2) is 6.18 Å². The SMILES string of the molecule is C.[C-]#CC(F)(F)F.[Y]. The second-order valence-electron chi connectivity index (χ2n) is 0.623. The molecule has 0 aliphatic heterocycles. The van der Waals surface area contributed by atoms with Gasteiger partial charge >= 0.3 is 6.18 Å². The number of alkyl halides is 3. The summed E-state index contributed by atoms with van der Waals surface area (Å²) in [6, 6.07) is 0. The van der Waals surface area contributed by atoms with Gasteiger partial charge in [-0.2, -0.15) is 13.2 Å². The van der Waals surface area contributed by atoms with Gasteiger partial charge in [0.05, 0.1) is 0 Å². The molecule has 0 unspecified atom stereocenters. The minimum absolute atomic E-state index is 0. The van der Waals surface area contributed by atoms with Crippen LogP contribution in [0.5, 0.6) is 0 Å². The van der Waals surface area contributed by atoms with Crippen molar-refractivity contribution in [3.63, 3.8) is 0 Å². The smallest absolute Gasteiger partial charge is 0.418 e. The van der Waals surface area contributed by atoms with Gasteiger partial charge in [-0.25, -0.2) is 5.92 Å². The molecule has 0 bridgehead atoms. The van der Waals surface area contributed by atoms with Gasteiger partial charge in [-0.1, -0.05) is 7.43 Å².